The molecule has 0 aliphatic carbocycles. The number of rotatable bonds is 6. The molecule has 0 aromatic carbocycles. The first-order chi connectivity index (χ1) is 8.81. The lowest BCUT2D eigenvalue weighted by Crippen LogP contribution is -2.34. The van der Waals surface area contributed by atoms with Gasteiger partial charge in [-0.15, -0.1) is 0 Å². The number of hydrogen-bond acceptors (Lipinski definition) is 4. The van der Waals surface area contributed by atoms with Gasteiger partial charge < -0.3 is 15.7 Å². The van der Waals surface area contributed by atoms with Crippen LogP contribution in [0.4, 0.5) is 5.82 Å². The van der Waals surface area contributed by atoms with Crippen molar-refractivity contribution in [2.45, 2.75) is 33.2 Å². The van der Waals surface area contributed by atoms with Crippen molar-refractivity contribution in [2.24, 2.45) is 5.73 Å². The van der Waals surface area contributed by atoms with Gasteiger partial charge in [-0.05, 0) is 32.9 Å². The molecule has 1 rings (SSSR count). The molecular formula is C13H19N3O3. The maximum atomic E-state index is 11.2. The molecule has 0 unspecified atom stereocenters. The summed E-state index contributed by atoms with van der Waals surface area (Å²) >= 11 is 0. The lowest BCUT2D eigenvalue weighted by molar-refractivity contribution is -0.136. The summed E-state index contributed by atoms with van der Waals surface area (Å²) in [6.45, 7) is 5.99. The summed E-state index contributed by atoms with van der Waals surface area (Å²) in [5, 5.41) is 8.77. The molecule has 6 nitrogen and oxygen atoms in total. The minimum Gasteiger partial charge on any atom is -0.481 e. The quantitative estimate of drug-likeness (QED) is 0.805. The van der Waals surface area contributed by atoms with Crippen molar-refractivity contribution in [2.75, 3.05) is 11.4 Å². The predicted molar refractivity (Wildman–Crippen MR) is 72.2 cm³/mol. The van der Waals surface area contributed by atoms with Gasteiger partial charge in [-0.2, -0.15) is 0 Å². The molecule has 0 fully saturated rings. The van der Waals surface area contributed by atoms with Crippen LogP contribution in [0.1, 0.15) is 36.3 Å². The molecule has 0 atom stereocenters. The van der Waals surface area contributed by atoms with Crippen LogP contribution in [0.3, 0.4) is 0 Å². The minimum absolute atomic E-state index is 0.0136. The lowest BCUT2D eigenvalue weighted by Gasteiger charge is -2.27. The van der Waals surface area contributed by atoms with E-state index in [2.05, 4.69) is 4.98 Å². The van der Waals surface area contributed by atoms with Crippen LogP contribution in [0.2, 0.25) is 0 Å². The minimum atomic E-state index is -0.867. The number of aromatic nitrogens is 1. The Morgan fingerprint density at radius 2 is 2.05 bits per heavy atom. The standard InChI is InChI=1S/C13H19N3O3/c1-8(2)16(5-4-12(17)18)11-7-10(13(14)19)6-9(3)15-11/h6-8H,4-5H2,1-3H3,(H2,14,19)(H,17,18). The van der Waals surface area contributed by atoms with Crippen LogP contribution in [0.15, 0.2) is 12.1 Å². The molecule has 104 valence electrons. The average Bonchev–Trinajstić information content (AvgIpc) is 2.27. The first-order valence-corrected chi connectivity index (χ1v) is 6.08. The van der Waals surface area contributed by atoms with Gasteiger partial charge in [0.15, 0.2) is 0 Å². The van der Waals surface area contributed by atoms with Crippen LogP contribution in [-0.2, 0) is 4.79 Å². The third kappa shape index (κ3) is 4.24. The van der Waals surface area contributed by atoms with Gasteiger partial charge in [-0.3, -0.25) is 9.59 Å². The number of aliphatic carboxylic acids is 1. The fourth-order valence-corrected chi connectivity index (χ4v) is 1.79. The van der Waals surface area contributed by atoms with E-state index in [0.717, 1.165) is 0 Å². The van der Waals surface area contributed by atoms with E-state index in [4.69, 9.17) is 10.8 Å². The Morgan fingerprint density at radius 1 is 1.42 bits per heavy atom. The Labute approximate surface area is 112 Å². The topological polar surface area (TPSA) is 96.5 Å². The van der Waals surface area contributed by atoms with E-state index in [1.807, 2.05) is 18.7 Å². The van der Waals surface area contributed by atoms with Crippen LogP contribution in [-0.4, -0.2) is 34.6 Å². The molecule has 6 heteroatoms. The highest BCUT2D eigenvalue weighted by Crippen LogP contribution is 2.17. The van der Waals surface area contributed by atoms with Crippen molar-refractivity contribution in [3.05, 3.63) is 23.4 Å². The number of anilines is 1. The molecule has 1 aromatic heterocycles. The summed E-state index contributed by atoms with van der Waals surface area (Å²) in [5.41, 5.74) is 6.32. The number of pyridine rings is 1. The number of hydrogen-bond donors (Lipinski definition) is 2. The molecule has 19 heavy (non-hydrogen) atoms. The predicted octanol–water partition coefficient (Wildman–Crippen LogP) is 1.18. The molecule has 0 spiro atoms. The van der Waals surface area contributed by atoms with Crippen LogP contribution >= 0.6 is 0 Å². The van der Waals surface area contributed by atoms with Crippen molar-refractivity contribution in [1.29, 1.82) is 0 Å². The van der Waals surface area contributed by atoms with Gasteiger partial charge in [0.2, 0.25) is 5.91 Å². The normalized spacial score (nSPS) is 10.5. The second-order valence-corrected chi connectivity index (χ2v) is 4.65. The zero-order valence-corrected chi connectivity index (χ0v) is 11.4. The maximum absolute atomic E-state index is 11.2. The second-order valence-electron chi connectivity index (χ2n) is 4.65. The fraction of sp³-hybridized carbons (Fsp3) is 0.462. The van der Waals surface area contributed by atoms with E-state index < -0.39 is 11.9 Å². The van der Waals surface area contributed by atoms with Gasteiger partial charge in [-0.1, -0.05) is 0 Å². The molecular weight excluding hydrogens is 246 g/mol. The Hall–Kier alpha value is -2.11. The Balaban J connectivity index is 3.08. The number of carbonyl (C=O) groups excluding carboxylic acids is 1. The molecule has 0 bridgehead atoms. The molecule has 1 heterocycles. The van der Waals surface area contributed by atoms with Gasteiger partial charge in [0, 0.05) is 23.8 Å². The average molecular weight is 265 g/mol. The Morgan fingerprint density at radius 3 is 2.53 bits per heavy atom. The first kappa shape index (κ1) is 14.9. The summed E-state index contributed by atoms with van der Waals surface area (Å²) in [5.74, 6) is -0.813. The molecule has 3 N–H and O–H groups in total. The zero-order chi connectivity index (χ0) is 14.6. The molecule has 0 aliphatic heterocycles. The molecule has 0 aliphatic rings. The molecule has 0 saturated carbocycles. The number of aryl methyl sites for hydroxylation is 1. The second kappa shape index (κ2) is 6.17. The van der Waals surface area contributed by atoms with E-state index in [-0.39, 0.29) is 12.5 Å². The molecule has 0 radical (unpaired) electrons. The molecule has 1 aromatic rings. The largest absolute Gasteiger partial charge is 0.481 e. The number of carboxylic acid groups (broad SMARTS) is 1. The summed E-state index contributed by atoms with van der Waals surface area (Å²) in [6.07, 6.45) is 0.0136. The number of amides is 1. The number of nitrogens with two attached hydrogens (primary N) is 1. The maximum Gasteiger partial charge on any atom is 0.305 e. The van der Waals surface area contributed by atoms with Crippen molar-refractivity contribution >= 4 is 17.7 Å². The van der Waals surface area contributed by atoms with Gasteiger partial charge in [0.05, 0.1) is 6.42 Å². The Kier molecular flexibility index (Phi) is 4.86. The number of carbonyl (C=O) groups is 2. The van der Waals surface area contributed by atoms with Gasteiger partial charge >= 0.3 is 5.97 Å². The van der Waals surface area contributed by atoms with E-state index in [1.54, 1.807) is 19.1 Å². The summed E-state index contributed by atoms with van der Waals surface area (Å²) in [6, 6.07) is 3.29. The molecule has 1 amide bonds. The number of primary amides is 1. The molecule has 0 saturated heterocycles. The lowest BCUT2D eigenvalue weighted by atomic mass is 10.2. The summed E-state index contributed by atoms with van der Waals surface area (Å²) < 4.78 is 0. The smallest absolute Gasteiger partial charge is 0.305 e. The van der Waals surface area contributed by atoms with Crippen molar-refractivity contribution in [1.82, 2.24) is 4.98 Å². The third-order valence-electron chi connectivity index (χ3n) is 2.71. The number of carboxylic acids is 1. The summed E-state index contributed by atoms with van der Waals surface area (Å²) in [4.78, 5) is 28.1. The van der Waals surface area contributed by atoms with Crippen LogP contribution in [0, 0.1) is 6.92 Å². The monoisotopic (exact) mass is 265 g/mol. The van der Waals surface area contributed by atoms with Crippen LogP contribution in [0.25, 0.3) is 0 Å². The van der Waals surface area contributed by atoms with Crippen molar-refractivity contribution in [3.8, 4) is 0 Å². The van der Waals surface area contributed by atoms with Gasteiger partial charge in [0.1, 0.15) is 5.82 Å². The SMILES string of the molecule is Cc1cc(C(N)=O)cc(N(CCC(=O)O)C(C)C)n1. The van der Waals surface area contributed by atoms with E-state index in [0.29, 0.717) is 23.6 Å². The fourth-order valence-electron chi connectivity index (χ4n) is 1.79. The van der Waals surface area contributed by atoms with E-state index in [9.17, 15) is 9.59 Å². The van der Waals surface area contributed by atoms with Crippen molar-refractivity contribution in [3.63, 3.8) is 0 Å². The van der Waals surface area contributed by atoms with E-state index >= 15 is 0 Å². The highest BCUT2D eigenvalue weighted by atomic mass is 16.4. The highest BCUT2D eigenvalue weighted by molar-refractivity contribution is 5.93. The summed E-state index contributed by atoms with van der Waals surface area (Å²) in [7, 11) is 0. The zero-order valence-electron chi connectivity index (χ0n) is 11.4. The highest BCUT2D eigenvalue weighted by Gasteiger charge is 2.15. The van der Waals surface area contributed by atoms with Crippen LogP contribution < -0.4 is 10.6 Å². The van der Waals surface area contributed by atoms with Gasteiger partial charge in [-0.25, -0.2) is 4.98 Å². The van der Waals surface area contributed by atoms with E-state index in [1.165, 1.54) is 0 Å². The van der Waals surface area contributed by atoms with Gasteiger partial charge in [0.25, 0.3) is 0 Å². The Bertz CT molecular complexity index is 486. The third-order valence-corrected chi connectivity index (χ3v) is 2.71. The first-order valence-electron chi connectivity index (χ1n) is 6.08. The number of nitrogens with zero attached hydrogens (tertiary/aromatic N) is 2. The van der Waals surface area contributed by atoms with Crippen molar-refractivity contribution < 1.29 is 14.7 Å². The van der Waals surface area contributed by atoms with Crippen LogP contribution in [0.5, 0.6) is 0 Å².